The van der Waals surface area contributed by atoms with Crippen LogP contribution in [0.5, 0.6) is 0 Å². The molecule has 1 aromatic rings. The fourth-order valence-electron chi connectivity index (χ4n) is 3.94. The van der Waals surface area contributed by atoms with Crippen molar-refractivity contribution in [3.63, 3.8) is 0 Å². The lowest BCUT2D eigenvalue weighted by atomic mass is 9.66. The number of hydrogen-bond donors (Lipinski definition) is 0. The van der Waals surface area contributed by atoms with Crippen LogP contribution in [0.2, 0.25) is 0 Å². The molecule has 0 spiro atoms. The van der Waals surface area contributed by atoms with Crippen LogP contribution in [0.3, 0.4) is 0 Å². The largest absolute Gasteiger partial charge is 0.335 e. The third-order valence-corrected chi connectivity index (χ3v) is 5.10. The van der Waals surface area contributed by atoms with Crippen molar-refractivity contribution in [3.8, 4) is 0 Å². The average Bonchev–Trinajstić information content (AvgIpc) is 2.70. The average molecular weight is 257 g/mol. The van der Waals surface area contributed by atoms with Gasteiger partial charge in [0.05, 0.1) is 0 Å². The van der Waals surface area contributed by atoms with Crippen LogP contribution in [-0.4, -0.2) is 16.8 Å². The van der Waals surface area contributed by atoms with Crippen LogP contribution in [0, 0.1) is 11.3 Å². The first kappa shape index (κ1) is 12.7. The highest BCUT2D eigenvalue weighted by Crippen LogP contribution is 2.48. The van der Waals surface area contributed by atoms with E-state index >= 15 is 0 Å². The third kappa shape index (κ3) is 2.29. The molecule has 2 fully saturated rings. The maximum Gasteiger partial charge on any atom is 0.223 e. The van der Waals surface area contributed by atoms with Crippen LogP contribution in [0.15, 0.2) is 30.3 Å². The summed E-state index contributed by atoms with van der Waals surface area (Å²) in [5.41, 5.74) is 1.57. The van der Waals surface area contributed by atoms with Gasteiger partial charge in [-0.25, -0.2) is 0 Å². The lowest BCUT2D eigenvalue weighted by Gasteiger charge is -2.42. The Balaban J connectivity index is 1.81. The summed E-state index contributed by atoms with van der Waals surface area (Å²) in [7, 11) is 0. The zero-order valence-corrected chi connectivity index (χ0v) is 11.9. The number of amides is 1. The SMILES string of the molecule is CC1(C)CCCC2C1CC(=O)N2Cc1ccccc1. The predicted molar refractivity (Wildman–Crippen MR) is 76.5 cm³/mol. The molecule has 2 unspecified atom stereocenters. The molecule has 19 heavy (non-hydrogen) atoms. The molecule has 1 amide bonds. The second-order valence-electron chi connectivity index (χ2n) is 6.77. The van der Waals surface area contributed by atoms with Gasteiger partial charge in [-0.2, -0.15) is 0 Å². The molecule has 2 nitrogen and oxygen atoms in total. The normalized spacial score (nSPS) is 29.4. The van der Waals surface area contributed by atoms with Crippen LogP contribution < -0.4 is 0 Å². The van der Waals surface area contributed by atoms with Crippen LogP contribution in [0.25, 0.3) is 0 Å². The van der Waals surface area contributed by atoms with Gasteiger partial charge in [0.15, 0.2) is 0 Å². The Bertz CT molecular complexity index is 465. The Morgan fingerprint density at radius 2 is 2.00 bits per heavy atom. The number of likely N-dealkylation sites (tertiary alicyclic amines) is 1. The van der Waals surface area contributed by atoms with Gasteiger partial charge in [-0.05, 0) is 29.7 Å². The lowest BCUT2D eigenvalue weighted by molar-refractivity contribution is -0.129. The zero-order valence-electron chi connectivity index (χ0n) is 11.9. The van der Waals surface area contributed by atoms with Crippen molar-refractivity contribution in [2.75, 3.05) is 0 Å². The summed E-state index contributed by atoms with van der Waals surface area (Å²) >= 11 is 0. The molecule has 3 rings (SSSR count). The first-order valence-corrected chi connectivity index (χ1v) is 7.41. The van der Waals surface area contributed by atoms with Gasteiger partial charge in [0.2, 0.25) is 5.91 Å². The molecule has 1 saturated carbocycles. The molecular formula is C17H23NO. The minimum absolute atomic E-state index is 0.323. The minimum Gasteiger partial charge on any atom is -0.335 e. The number of carbonyl (C=O) groups is 1. The highest BCUT2D eigenvalue weighted by molar-refractivity contribution is 5.79. The third-order valence-electron chi connectivity index (χ3n) is 5.10. The summed E-state index contributed by atoms with van der Waals surface area (Å²) in [4.78, 5) is 14.5. The first-order valence-electron chi connectivity index (χ1n) is 7.41. The minimum atomic E-state index is 0.323. The van der Waals surface area contributed by atoms with E-state index in [1.807, 2.05) is 6.07 Å². The molecule has 0 N–H and O–H groups in total. The van der Waals surface area contributed by atoms with E-state index in [4.69, 9.17) is 0 Å². The van der Waals surface area contributed by atoms with Crippen LogP contribution in [0.1, 0.15) is 45.1 Å². The molecule has 1 aromatic carbocycles. The first-order chi connectivity index (χ1) is 9.08. The molecule has 0 bridgehead atoms. The van der Waals surface area contributed by atoms with E-state index in [0.29, 0.717) is 23.3 Å². The lowest BCUT2D eigenvalue weighted by Crippen LogP contribution is -2.42. The molecule has 1 saturated heterocycles. The van der Waals surface area contributed by atoms with Crippen molar-refractivity contribution >= 4 is 5.91 Å². The van der Waals surface area contributed by atoms with Gasteiger partial charge in [0.1, 0.15) is 0 Å². The van der Waals surface area contributed by atoms with E-state index < -0.39 is 0 Å². The molecule has 2 aliphatic rings. The second-order valence-corrected chi connectivity index (χ2v) is 6.77. The number of rotatable bonds is 2. The number of benzene rings is 1. The maximum atomic E-state index is 12.4. The van der Waals surface area contributed by atoms with Crippen molar-refractivity contribution in [1.82, 2.24) is 4.90 Å². The van der Waals surface area contributed by atoms with Crippen molar-refractivity contribution in [1.29, 1.82) is 0 Å². The van der Waals surface area contributed by atoms with E-state index in [1.54, 1.807) is 0 Å². The topological polar surface area (TPSA) is 20.3 Å². The van der Waals surface area contributed by atoms with E-state index in [0.717, 1.165) is 13.0 Å². The highest BCUT2D eigenvalue weighted by atomic mass is 16.2. The molecule has 1 aliphatic heterocycles. The summed E-state index contributed by atoms with van der Waals surface area (Å²) in [6.07, 6.45) is 4.46. The Morgan fingerprint density at radius 3 is 2.74 bits per heavy atom. The van der Waals surface area contributed by atoms with Gasteiger partial charge in [0, 0.05) is 19.0 Å². The van der Waals surface area contributed by atoms with Gasteiger partial charge in [-0.1, -0.05) is 50.6 Å². The molecule has 102 valence electrons. The van der Waals surface area contributed by atoms with Gasteiger partial charge in [0.25, 0.3) is 0 Å². The fourth-order valence-corrected chi connectivity index (χ4v) is 3.94. The molecule has 2 atom stereocenters. The van der Waals surface area contributed by atoms with E-state index in [1.165, 1.54) is 24.8 Å². The van der Waals surface area contributed by atoms with Crippen molar-refractivity contribution in [2.45, 2.75) is 52.1 Å². The summed E-state index contributed by atoms with van der Waals surface area (Å²) in [5.74, 6) is 0.909. The number of carbonyl (C=O) groups excluding carboxylic acids is 1. The zero-order chi connectivity index (χ0) is 13.5. The molecule has 1 heterocycles. The Labute approximate surface area is 115 Å². The Kier molecular flexibility index (Phi) is 3.12. The predicted octanol–water partition coefficient (Wildman–Crippen LogP) is 3.61. The van der Waals surface area contributed by atoms with Crippen LogP contribution in [0.4, 0.5) is 0 Å². The highest BCUT2D eigenvalue weighted by Gasteiger charge is 2.48. The summed E-state index contributed by atoms with van der Waals surface area (Å²) in [6, 6.07) is 10.8. The van der Waals surface area contributed by atoms with Gasteiger partial charge < -0.3 is 4.90 Å². The quantitative estimate of drug-likeness (QED) is 0.792. The monoisotopic (exact) mass is 257 g/mol. The molecule has 0 aromatic heterocycles. The fraction of sp³-hybridized carbons (Fsp3) is 0.588. The van der Waals surface area contributed by atoms with Crippen LogP contribution >= 0.6 is 0 Å². The number of fused-ring (bicyclic) bond motifs is 1. The molecule has 1 aliphatic carbocycles. The van der Waals surface area contributed by atoms with E-state index in [2.05, 4.69) is 43.0 Å². The van der Waals surface area contributed by atoms with Crippen LogP contribution in [-0.2, 0) is 11.3 Å². The van der Waals surface area contributed by atoms with Gasteiger partial charge in [-0.15, -0.1) is 0 Å². The van der Waals surface area contributed by atoms with Crippen molar-refractivity contribution < 1.29 is 4.79 Å². The summed E-state index contributed by atoms with van der Waals surface area (Å²) in [5, 5.41) is 0. The number of nitrogens with zero attached hydrogens (tertiary/aromatic N) is 1. The summed E-state index contributed by atoms with van der Waals surface area (Å²) in [6.45, 7) is 5.46. The maximum absolute atomic E-state index is 12.4. The van der Waals surface area contributed by atoms with E-state index in [-0.39, 0.29) is 0 Å². The standard InChI is InChI=1S/C17H23NO/c1-17(2)10-6-9-15-14(17)11-16(19)18(15)12-13-7-4-3-5-8-13/h3-5,7-8,14-15H,6,9-12H2,1-2H3. The number of hydrogen-bond acceptors (Lipinski definition) is 1. The van der Waals surface area contributed by atoms with Crippen molar-refractivity contribution in [3.05, 3.63) is 35.9 Å². The molecule has 2 heteroatoms. The molecular weight excluding hydrogens is 234 g/mol. The van der Waals surface area contributed by atoms with Crippen molar-refractivity contribution in [2.24, 2.45) is 11.3 Å². The Hall–Kier alpha value is -1.31. The smallest absolute Gasteiger partial charge is 0.223 e. The summed E-state index contributed by atoms with van der Waals surface area (Å²) < 4.78 is 0. The van der Waals surface area contributed by atoms with E-state index in [9.17, 15) is 4.79 Å². The Morgan fingerprint density at radius 1 is 1.26 bits per heavy atom. The molecule has 0 radical (unpaired) electrons. The van der Waals surface area contributed by atoms with Gasteiger partial charge in [-0.3, -0.25) is 4.79 Å². The van der Waals surface area contributed by atoms with Gasteiger partial charge >= 0.3 is 0 Å². The second kappa shape index (κ2) is 4.66.